The average Bonchev–Trinajstić information content (AvgIpc) is 3.65. The van der Waals surface area contributed by atoms with Crippen LogP contribution in [-0.4, -0.2) is 98.6 Å². The molecule has 2 aromatic carbocycles. The van der Waals surface area contributed by atoms with Crippen LogP contribution in [0, 0.1) is 0 Å². The largest absolute Gasteiger partial charge is 0.405 e. The lowest BCUT2D eigenvalue weighted by atomic mass is 9.90. The van der Waals surface area contributed by atoms with Crippen molar-refractivity contribution >= 4 is 18.7 Å². The molecule has 11 heteroatoms. The average molecular weight is 699 g/mol. The molecule has 5 heterocycles. The normalized spacial score (nSPS) is 37.8. The third-order valence-corrected chi connectivity index (χ3v) is 15.5. The predicted octanol–water partition coefficient (Wildman–Crippen LogP) is 4.39. The molecule has 5 fully saturated rings. The van der Waals surface area contributed by atoms with Gasteiger partial charge in [-0.05, 0) is 69.8 Å². The first-order chi connectivity index (χ1) is 23.0. The zero-order valence-electron chi connectivity index (χ0n) is 30.3. The van der Waals surface area contributed by atoms with Gasteiger partial charge in [0.15, 0.2) is 23.7 Å². The van der Waals surface area contributed by atoms with Gasteiger partial charge in [0, 0.05) is 0 Å². The van der Waals surface area contributed by atoms with Gasteiger partial charge in [-0.2, -0.15) is 0 Å². The van der Waals surface area contributed by atoms with Crippen molar-refractivity contribution in [3.63, 3.8) is 0 Å². The molecule has 0 saturated carbocycles. The van der Waals surface area contributed by atoms with Gasteiger partial charge in [-0.15, -0.1) is 0 Å². The first-order valence-corrected chi connectivity index (χ1v) is 19.7. The summed E-state index contributed by atoms with van der Waals surface area (Å²) in [6, 6.07) is 21.1. The van der Waals surface area contributed by atoms with Crippen molar-refractivity contribution in [3.05, 3.63) is 60.7 Å². The lowest BCUT2D eigenvalue weighted by Crippen LogP contribution is -2.68. The Kier molecular flexibility index (Phi) is 9.26. The third-order valence-electron chi connectivity index (χ3n) is 10.5. The fourth-order valence-electron chi connectivity index (χ4n) is 8.56. The Bertz CT molecular complexity index is 1410. The lowest BCUT2D eigenvalue weighted by molar-refractivity contribution is -0.240. The van der Waals surface area contributed by atoms with E-state index in [4.69, 9.17) is 42.3 Å². The third kappa shape index (κ3) is 6.70. The van der Waals surface area contributed by atoms with E-state index in [1.807, 2.05) is 53.7 Å². The molecule has 5 aliphatic heterocycles. The van der Waals surface area contributed by atoms with Gasteiger partial charge in [-0.1, -0.05) is 81.4 Å². The quantitative estimate of drug-likeness (QED) is 0.400. The van der Waals surface area contributed by atoms with E-state index >= 15 is 0 Å². The van der Waals surface area contributed by atoms with E-state index in [1.54, 1.807) is 0 Å². The summed E-state index contributed by atoms with van der Waals surface area (Å²) in [7, 11) is -2.87. The molecule has 270 valence electrons. The molecule has 7 rings (SSSR count). The molecule has 0 radical (unpaired) electrons. The molecular formula is C38H54O10Si. The van der Waals surface area contributed by atoms with Gasteiger partial charge in [-0.25, -0.2) is 0 Å². The number of benzene rings is 2. The van der Waals surface area contributed by atoms with Crippen LogP contribution >= 0.6 is 0 Å². The summed E-state index contributed by atoms with van der Waals surface area (Å²) < 4.78 is 58.4. The van der Waals surface area contributed by atoms with E-state index in [1.165, 1.54) is 10.4 Å². The molecule has 10 nitrogen and oxygen atoms in total. The van der Waals surface area contributed by atoms with Gasteiger partial charge in [0.1, 0.15) is 42.7 Å². The van der Waals surface area contributed by atoms with Gasteiger partial charge in [-0.3, -0.25) is 0 Å². The summed E-state index contributed by atoms with van der Waals surface area (Å²) in [5.41, 5.74) is 0. The Morgan fingerprint density at radius 3 is 1.63 bits per heavy atom. The Balaban J connectivity index is 1.14. The fraction of sp³-hybridized carbons (Fsp3) is 0.684. The highest BCUT2D eigenvalue weighted by Crippen LogP contribution is 2.46. The van der Waals surface area contributed by atoms with Crippen LogP contribution < -0.4 is 10.4 Å². The topological polar surface area (TPSA) is 103 Å². The minimum Gasteiger partial charge on any atom is -0.405 e. The molecule has 5 aliphatic rings. The molecule has 0 aromatic heterocycles. The van der Waals surface area contributed by atoms with Crippen molar-refractivity contribution in [2.75, 3.05) is 6.61 Å². The predicted molar refractivity (Wildman–Crippen MR) is 184 cm³/mol. The minimum atomic E-state index is -2.87. The van der Waals surface area contributed by atoms with Crippen LogP contribution in [0.4, 0.5) is 0 Å². The number of ether oxygens (including phenoxy) is 8. The Labute approximate surface area is 291 Å². The molecule has 49 heavy (non-hydrogen) atoms. The minimum absolute atomic E-state index is 0.209. The standard InChI is InChI=1S/C38H54O10Si/c1-35(2,3)49(23-16-12-10-13-17-23,24-18-14-11-15-19-24)40-22-27-30-31(45-36(4,5)44-30)28(39)25(41-27)20-21-26-29-32(46-37(6,7)43-29)33-34(42-26)48-38(8,9)47-33/h10-19,25-34,39H,20-22H2,1-9H3/t25-,26+,27+,28-,29-,30-,31+,32-,33+,34+/m0/s1. The number of aliphatic hydroxyl groups excluding tert-OH is 1. The molecule has 1 N–H and O–H groups in total. The van der Waals surface area contributed by atoms with Crippen LogP contribution in [-0.2, 0) is 42.3 Å². The van der Waals surface area contributed by atoms with Crippen LogP contribution in [0.25, 0.3) is 0 Å². The van der Waals surface area contributed by atoms with Crippen molar-refractivity contribution in [1.82, 2.24) is 0 Å². The van der Waals surface area contributed by atoms with Crippen molar-refractivity contribution in [1.29, 1.82) is 0 Å². The Morgan fingerprint density at radius 1 is 0.592 bits per heavy atom. The Morgan fingerprint density at radius 2 is 1.06 bits per heavy atom. The number of aliphatic hydroxyl groups is 1. The number of fused-ring (bicyclic) bond motifs is 4. The van der Waals surface area contributed by atoms with E-state index in [9.17, 15) is 5.11 Å². The first-order valence-electron chi connectivity index (χ1n) is 17.8. The highest BCUT2D eigenvalue weighted by Gasteiger charge is 2.61. The number of hydrogen-bond acceptors (Lipinski definition) is 10. The SMILES string of the molecule is CC1(C)O[C@H]2[C@@H](O1)[C@@H](CC[C@@H]1O[C@H](CO[Si](c3ccccc3)(c3ccccc3)C(C)(C)C)[C@@H]3OC(C)(C)O[C@@H]3[C@H]1O)O[C@@H]1OC(C)(C)O[C@@H]12. The van der Waals surface area contributed by atoms with E-state index in [-0.39, 0.29) is 30.0 Å². The van der Waals surface area contributed by atoms with Gasteiger partial charge in [0.05, 0.1) is 18.8 Å². The Hall–Kier alpha value is -1.74. The van der Waals surface area contributed by atoms with Gasteiger partial charge < -0.3 is 47.4 Å². The summed E-state index contributed by atoms with van der Waals surface area (Å²) in [5, 5.41) is 13.9. The van der Waals surface area contributed by atoms with E-state index in [2.05, 4.69) is 69.3 Å². The van der Waals surface area contributed by atoms with Crippen molar-refractivity contribution in [3.8, 4) is 0 Å². The maximum Gasteiger partial charge on any atom is 0.261 e. The maximum atomic E-state index is 11.7. The number of hydrogen-bond donors (Lipinski definition) is 1. The summed E-state index contributed by atoms with van der Waals surface area (Å²) in [6.45, 7) is 18.4. The van der Waals surface area contributed by atoms with E-state index < -0.39 is 68.6 Å². The maximum absolute atomic E-state index is 11.7. The summed E-state index contributed by atoms with van der Waals surface area (Å²) in [6.07, 6.45) is -4.05. The second-order valence-electron chi connectivity index (χ2n) is 16.5. The highest BCUT2D eigenvalue weighted by atomic mass is 28.4. The van der Waals surface area contributed by atoms with Gasteiger partial charge in [0.2, 0.25) is 0 Å². The molecule has 0 spiro atoms. The summed E-state index contributed by atoms with van der Waals surface area (Å²) >= 11 is 0. The van der Waals surface area contributed by atoms with Gasteiger partial charge >= 0.3 is 0 Å². The molecule has 10 atom stereocenters. The molecule has 0 amide bonds. The van der Waals surface area contributed by atoms with Crippen molar-refractivity contribution in [2.24, 2.45) is 0 Å². The van der Waals surface area contributed by atoms with Crippen molar-refractivity contribution in [2.45, 2.75) is 159 Å². The molecule has 0 aliphatic carbocycles. The van der Waals surface area contributed by atoms with Crippen LogP contribution in [0.15, 0.2) is 60.7 Å². The monoisotopic (exact) mass is 698 g/mol. The zero-order valence-corrected chi connectivity index (χ0v) is 31.3. The summed E-state index contributed by atoms with van der Waals surface area (Å²) in [4.78, 5) is 0. The fourth-order valence-corrected chi connectivity index (χ4v) is 13.1. The molecule has 5 saturated heterocycles. The second kappa shape index (κ2) is 12.7. The van der Waals surface area contributed by atoms with Crippen LogP contribution in [0.5, 0.6) is 0 Å². The highest BCUT2D eigenvalue weighted by molar-refractivity contribution is 6.99. The smallest absolute Gasteiger partial charge is 0.261 e. The first kappa shape index (κ1) is 35.7. The molecule has 0 unspecified atom stereocenters. The van der Waals surface area contributed by atoms with Crippen molar-refractivity contribution < 1.29 is 47.4 Å². The van der Waals surface area contributed by atoms with Crippen LogP contribution in [0.3, 0.4) is 0 Å². The lowest BCUT2D eigenvalue weighted by Gasteiger charge is -2.46. The van der Waals surface area contributed by atoms with E-state index in [0.717, 1.165) is 0 Å². The molecule has 2 aromatic rings. The molecular weight excluding hydrogens is 644 g/mol. The second-order valence-corrected chi connectivity index (χ2v) is 20.8. The zero-order chi connectivity index (χ0) is 35.0. The van der Waals surface area contributed by atoms with Gasteiger partial charge in [0.25, 0.3) is 8.32 Å². The van der Waals surface area contributed by atoms with Crippen LogP contribution in [0.2, 0.25) is 5.04 Å². The number of rotatable bonds is 8. The van der Waals surface area contributed by atoms with E-state index in [0.29, 0.717) is 12.8 Å². The summed E-state index contributed by atoms with van der Waals surface area (Å²) in [5.74, 6) is -2.47. The molecule has 0 bridgehead atoms. The van der Waals surface area contributed by atoms with Crippen LogP contribution in [0.1, 0.15) is 75.2 Å².